The van der Waals surface area contributed by atoms with Crippen LogP contribution < -0.4 is 5.32 Å². The lowest BCUT2D eigenvalue weighted by Gasteiger charge is -2.25. The molecule has 0 spiro atoms. The zero-order chi connectivity index (χ0) is 11.1. The first-order chi connectivity index (χ1) is 7.24. The Hall–Kier alpha value is -0.120. The molecule has 1 fully saturated rings. The second kappa shape index (κ2) is 7.20. The third-order valence-corrected chi connectivity index (χ3v) is 3.05. The lowest BCUT2D eigenvalue weighted by atomic mass is 10.1. The molecule has 15 heavy (non-hydrogen) atoms. The van der Waals surface area contributed by atoms with Crippen LogP contribution in [0.2, 0.25) is 0 Å². The number of rotatable bonds is 5. The van der Waals surface area contributed by atoms with Gasteiger partial charge < -0.3 is 15.2 Å². The van der Waals surface area contributed by atoms with Crippen molar-refractivity contribution in [2.45, 2.75) is 64.1 Å². The van der Waals surface area contributed by atoms with Gasteiger partial charge in [-0.3, -0.25) is 0 Å². The fraction of sp³-hybridized carbons (Fsp3) is 1.00. The average molecular weight is 215 g/mol. The van der Waals surface area contributed by atoms with E-state index in [2.05, 4.69) is 12.2 Å². The number of aliphatic hydroxyl groups excluding tert-OH is 1. The minimum atomic E-state index is -0.170. The molecule has 0 aromatic rings. The van der Waals surface area contributed by atoms with E-state index in [9.17, 15) is 5.11 Å². The summed E-state index contributed by atoms with van der Waals surface area (Å²) < 4.78 is 5.36. The number of ether oxygens (including phenoxy) is 1. The van der Waals surface area contributed by atoms with Gasteiger partial charge in [0.15, 0.2) is 0 Å². The summed E-state index contributed by atoms with van der Waals surface area (Å²) in [7, 11) is 0. The summed E-state index contributed by atoms with van der Waals surface area (Å²) in [5, 5.41) is 13.4. The van der Waals surface area contributed by atoms with Crippen molar-refractivity contribution in [2.24, 2.45) is 0 Å². The molecule has 3 heteroatoms. The van der Waals surface area contributed by atoms with E-state index in [-0.39, 0.29) is 12.1 Å². The predicted octanol–water partition coefficient (Wildman–Crippen LogP) is 1.69. The molecular formula is C12H25NO2. The van der Waals surface area contributed by atoms with E-state index in [0.29, 0.717) is 6.04 Å². The molecule has 0 amide bonds. The van der Waals surface area contributed by atoms with Gasteiger partial charge >= 0.3 is 0 Å². The highest BCUT2D eigenvalue weighted by Gasteiger charge is 2.22. The molecule has 1 aliphatic rings. The molecule has 0 bridgehead atoms. The molecule has 0 aliphatic heterocycles. The lowest BCUT2D eigenvalue weighted by molar-refractivity contribution is 0.0881. The van der Waals surface area contributed by atoms with Gasteiger partial charge in [0.05, 0.1) is 12.7 Å². The van der Waals surface area contributed by atoms with Crippen LogP contribution in [0.25, 0.3) is 0 Å². The maximum Gasteiger partial charge on any atom is 0.0693 e. The van der Waals surface area contributed by atoms with Crippen LogP contribution in [0.15, 0.2) is 0 Å². The van der Waals surface area contributed by atoms with Gasteiger partial charge in [-0.25, -0.2) is 0 Å². The predicted molar refractivity (Wildman–Crippen MR) is 62.0 cm³/mol. The Labute approximate surface area is 93.2 Å². The SMILES string of the molecule is CCOCC(C)NC1CCCCCC1O. The summed E-state index contributed by atoms with van der Waals surface area (Å²) in [5.74, 6) is 0. The zero-order valence-corrected chi connectivity index (χ0v) is 10.0. The van der Waals surface area contributed by atoms with E-state index in [1.807, 2.05) is 6.92 Å². The molecule has 1 saturated carbocycles. The fourth-order valence-electron chi connectivity index (χ4n) is 2.19. The van der Waals surface area contributed by atoms with Crippen LogP contribution in [0.5, 0.6) is 0 Å². The first kappa shape index (κ1) is 12.9. The number of hydrogen-bond donors (Lipinski definition) is 2. The van der Waals surface area contributed by atoms with Crippen molar-refractivity contribution in [3.8, 4) is 0 Å². The third-order valence-electron chi connectivity index (χ3n) is 3.05. The Bertz CT molecular complexity index is 164. The second-order valence-corrected chi connectivity index (χ2v) is 4.54. The van der Waals surface area contributed by atoms with Crippen LogP contribution in [-0.2, 0) is 4.74 Å². The van der Waals surface area contributed by atoms with Crippen molar-refractivity contribution < 1.29 is 9.84 Å². The lowest BCUT2D eigenvalue weighted by Crippen LogP contribution is -2.45. The number of hydrogen-bond acceptors (Lipinski definition) is 3. The monoisotopic (exact) mass is 215 g/mol. The zero-order valence-electron chi connectivity index (χ0n) is 10.0. The second-order valence-electron chi connectivity index (χ2n) is 4.54. The highest BCUT2D eigenvalue weighted by molar-refractivity contribution is 4.81. The Morgan fingerprint density at radius 2 is 2.07 bits per heavy atom. The maximum atomic E-state index is 9.92. The van der Waals surface area contributed by atoms with Crippen LogP contribution in [0.1, 0.15) is 46.0 Å². The average Bonchev–Trinajstić information content (AvgIpc) is 2.42. The van der Waals surface area contributed by atoms with E-state index < -0.39 is 0 Å². The van der Waals surface area contributed by atoms with Gasteiger partial charge in [0.2, 0.25) is 0 Å². The Kier molecular flexibility index (Phi) is 6.22. The van der Waals surface area contributed by atoms with Gasteiger partial charge in [0.25, 0.3) is 0 Å². The van der Waals surface area contributed by atoms with Gasteiger partial charge in [-0.1, -0.05) is 19.3 Å². The first-order valence-electron chi connectivity index (χ1n) is 6.26. The molecule has 3 atom stereocenters. The molecule has 1 rings (SSSR count). The maximum absolute atomic E-state index is 9.92. The van der Waals surface area contributed by atoms with E-state index in [0.717, 1.165) is 26.1 Å². The van der Waals surface area contributed by atoms with Crippen molar-refractivity contribution in [1.82, 2.24) is 5.32 Å². The Morgan fingerprint density at radius 3 is 2.80 bits per heavy atom. The Balaban J connectivity index is 2.27. The van der Waals surface area contributed by atoms with Gasteiger partial charge in [0.1, 0.15) is 0 Å². The molecule has 90 valence electrons. The molecule has 0 heterocycles. The van der Waals surface area contributed by atoms with E-state index in [1.165, 1.54) is 19.3 Å². The fourth-order valence-corrected chi connectivity index (χ4v) is 2.19. The largest absolute Gasteiger partial charge is 0.392 e. The van der Waals surface area contributed by atoms with Crippen molar-refractivity contribution >= 4 is 0 Å². The topological polar surface area (TPSA) is 41.5 Å². The Morgan fingerprint density at radius 1 is 1.33 bits per heavy atom. The number of nitrogens with one attached hydrogen (secondary N) is 1. The summed E-state index contributed by atoms with van der Waals surface area (Å²) in [6.45, 7) is 5.62. The summed E-state index contributed by atoms with van der Waals surface area (Å²) in [4.78, 5) is 0. The van der Waals surface area contributed by atoms with Crippen LogP contribution >= 0.6 is 0 Å². The minimum Gasteiger partial charge on any atom is -0.392 e. The van der Waals surface area contributed by atoms with Gasteiger partial charge in [-0.2, -0.15) is 0 Å². The highest BCUT2D eigenvalue weighted by Crippen LogP contribution is 2.18. The third kappa shape index (κ3) is 4.96. The molecule has 3 nitrogen and oxygen atoms in total. The van der Waals surface area contributed by atoms with Crippen LogP contribution in [0.3, 0.4) is 0 Å². The van der Waals surface area contributed by atoms with Crippen molar-refractivity contribution in [2.75, 3.05) is 13.2 Å². The summed E-state index contributed by atoms with van der Waals surface area (Å²) >= 11 is 0. The van der Waals surface area contributed by atoms with E-state index in [1.54, 1.807) is 0 Å². The molecule has 0 radical (unpaired) electrons. The summed E-state index contributed by atoms with van der Waals surface area (Å²) in [6.07, 6.45) is 5.53. The van der Waals surface area contributed by atoms with Gasteiger partial charge in [0, 0.05) is 18.7 Å². The van der Waals surface area contributed by atoms with Crippen LogP contribution in [-0.4, -0.2) is 36.5 Å². The van der Waals surface area contributed by atoms with Crippen molar-refractivity contribution in [3.63, 3.8) is 0 Å². The van der Waals surface area contributed by atoms with Crippen LogP contribution in [0.4, 0.5) is 0 Å². The normalized spacial score (nSPS) is 29.8. The van der Waals surface area contributed by atoms with E-state index in [4.69, 9.17) is 4.74 Å². The smallest absolute Gasteiger partial charge is 0.0693 e. The standard InChI is InChI=1S/C12H25NO2/c1-3-15-9-10(2)13-11-7-5-4-6-8-12(11)14/h10-14H,3-9H2,1-2H3. The number of aliphatic hydroxyl groups is 1. The van der Waals surface area contributed by atoms with Gasteiger partial charge in [-0.15, -0.1) is 0 Å². The molecule has 0 aromatic carbocycles. The molecule has 1 aliphatic carbocycles. The van der Waals surface area contributed by atoms with Crippen molar-refractivity contribution in [3.05, 3.63) is 0 Å². The van der Waals surface area contributed by atoms with Gasteiger partial charge in [-0.05, 0) is 26.7 Å². The highest BCUT2D eigenvalue weighted by atomic mass is 16.5. The summed E-state index contributed by atoms with van der Waals surface area (Å²) in [6, 6.07) is 0.602. The quantitative estimate of drug-likeness (QED) is 0.686. The molecule has 2 N–H and O–H groups in total. The van der Waals surface area contributed by atoms with Crippen LogP contribution in [0, 0.1) is 0 Å². The molecule has 0 saturated heterocycles. The first-order valence-corrected chi connectivity index (χ1v) is 6.26. The minimum absolute atomic E-state index is 0.170. The van der Waals surface area contributed by atoms with Crippen molar-refractivity contribution in [1.29, 1.82) is 0 Å². The van der Waals surface area contributed by atoms with E-state index >= 15 is 0 Å². The molecule has 0 aromatic heterocycles. The summed E-state index contributed by atoms with van der Waals surface area (Å²) in [5.41, 5.74) is 0. The molecular weight excluding hydrogens is 190 g/mol. The molecule has 3 unspecified atom stereocenters.